The van der Waals surface area contributed by atoms with Crippen molar-refractivity contribution in [2.24, 2.45) is 0 Å². The van der Waals surface area contributed by atoms with E-state index in [1.807, 2.05) is 0 Å². The van der Waals surface area contributed by atoms with Crippen molar-refractivity contribution in [2.75, 3.05) is 24.3 Å². The second-order valence-electron chi connectivity index (χ2n) is 3.56. The van der Waals surface area contributed by atoms with Crippen LogP contribution in [0.25, 0.3) is 0 Å². The molecule has 1 unspecified atom stereocenters. The minimum atomic E-state index is -0.667. The Hall–Kier alpha value is -1.36. The Balaban J connectivity index is 2.19. The third kappa shape index (κ3) is 2.18. The average Bonchev–Trinajstić information content (AvgIpc) is 2.63. The van der Waals surface area contributed by atoms with Crippen molar-refractivity contribution in [3.63, 3.8) is 0 Å². The SMILES string of the molecule is Nc1cc(F)c(NC2CCOC2)c(F)c1. The van der Waals surface area contributed by atoms with Crippen LogP contribution in [0.5, 0.6) is 0 Å². The zero-order valence-corrected chi connectivity index (χ0v) is 8.09. The standard InChI is InChI=1S/C10H12F2N2O/c11-8-3-6(13)4-9(12)10(8)14-7-1-2-15-5-7/h3-4,7,14H,1-2,5,13H2. The van der Waals surface area contributed by atoms with E-state index in [1.54, 1.807) is 0 Å². The molecule has 1 aliphatic heterocycles. The minimum absolute atomic E-state index is 0.0300. The van der Waals surface area contributed by atoms with Crippen LogP contribution in [0.1, 0.15) is 6.42 Å². The van der Waals surface area contributed by atoms with Crippen LogP contribution in [-0.2, 0) is 4.74 Å². The number of nitrogens with one attached hydrogen (secondary N) is 1. The quantitative estimate of drug-likeness (QED) is 0.737. The van der Waals surface area contributed by atoms with E-state index in [1.165, 1.54) is 0 Å². The molecule has 2 rings (SSSR count). The molecule has 1 aliphatic rings. The summed E-state index contributed by atoms with van der Waals surface area (Å²) in [6, 6.07) is 2.17. The number of hydrogen-bond acceptors (Lipinski definition) is 3. The highest BCUT2D eigenvalue weighted by Gasteiger charge is 2.19. The van der Waals surface area contributed by atoms with Gasteiger partial charge in [0, 0.05) is 12.3 Å². The molecule has 1 aromatic rings. The molecular weight excluding hydrogens is 202 g/mol. The first-order valence-electron chi connectivity index (χ1n) is 4.75. The highest BCUT2D eigenvalue weighted by molar-refractivity contribution is 5.54. The summed E-state index contributed by atoms with van der Waals surface area (Å²) in [5, 5.41) is 2.77. The maximum absolute atomic E-state index is 13.3. The molecule has 1 saturated heterocycles. The van der Waals surface area contributed by atoms with Crippen molar-refractivity contribution in [1.29, 1.82) is 0 Å². The van der Waals surface area contributed by atoms with Crippen LogP contribution < -0.4 is 11.1 Å². The molecule has 0 bridgehead atoms. The van der Waals surface area contributed by atoms with Crippen LogP contribution in [-0.4, -0.2) is 19.3 Å². The van der Waals surface area contributed by atoms with Crippen LogP contribution in [0.2, 0.25) is 0 Å². The van der Waals surface area contributed by atoms with E-state index in [4.69, 9.17) is 10.5 Å². The maximum Gasteiger partial charge on any atom is 0.151 e. The van der Waals surface area contributed by atoms with Crippen LogP contribution in [0.3, 0.4) is 0 Å². The first-order valence-corrected chi connectivity index (χ1v) is 4.75. The lowest BCUT2D eigenvalue weighted by Gasteiger charge is -2.14. The fourth-order valence-electron chi connectivity index (χ4n) is 1.58. The molecule has 82 valence electrons. The van der Waals surface area contributed by atoms with Crippen molar-refractivity contribution in [1.82, 2.24) is 0 Å². The average molecular weight is 214 g/mol. The van der Waals surface area contributed by atoms with Gasteiger partial charge in [-0.1, -0.05) is 0 Å². The minimum Gasteiger partial charge on any atom is -0.399 e. The molecule has 15 heavy (non-hydrogen) atoms. The number of ether oxygens (including phenoxy) is 1. The molecule has 5 heteroatoms. The predicted molar refractivity (Wildman–Crippen MR) is 53.6 cm³/mol. The lowest BCUT2D eigenvalue weighted by molar-refractivity contribution is 0.195. The topological polar surface area (TPSA) is 47.3 Å². The summed E-state index contributed by atoms with van der Waals surface area (Å²) in [6.07, 6.45) is 0.753. The lowest BCUT2D eigenvalue weighted by Crippen LogP contribution is -2.20. The Bertz CT molecular complexity index is 341. The predicted octanol–water partition coefficient (Wildman–Crippen LogP) is 1.75. The fraction of sp³-hybridized carbons (Fsp3) is 0.400. The summed E-state index contributed by atoms with van der Waals surface area (Å²) in [7, 11) is 0. The van der Waals surface area contributed by atoms with E-state index in [0.29, 0.717) is 13.2 Å². The van der Waals surface area contributed by atoms with Crippen LogP contribution in [0.15, 0.2) is 12.1 Å². The molecule has 0 spiro atoms. The van der Waals surface area contributed by atoms with E-state index in [-0.39, 0.29) is 17.4 Å². The number of hydrogen-bond donors (Lipinski definition) is 2. The van der Waals surface area contributed by atoms with Gasteiger partial charge in [0.05, 0.1) is 12.6 Å². The summed E-state index contributed by atoms with van der Waals surface area (Å²) >= 11 is 0. The van der Waals surface area contributed by atoms with Crippen molar-refractivity contribution < 1.29 is 13.5 Å². The Morgan fingerprint density at radius 1 is 1.33 bits per heavy atom. The third-order valence-electron chi connectivity index (χ3n) is 2.34. The Morgan fingerprint density at radius 3 is 2.53 bits per heavy atom. The van der Waals surface area contributed by atoms with E-state index in [2.05, 4.69) is 5.32 Å². The second-order valence-corrected chi connectivity index (χ2v) is 3.56. The molecule has 1 fully saturated rings. The van der Waals surface area contributed by atoms with Gasteiger partial charge in [0.25, 0.3) is 0 Å². The Labute approximate surface area is 86.2 Å². The highest BCUT2D eigenvalue weighted by atomic mass is 19.1. The summed E-state index contributed by atoms with van der Waals surface area (Å²) in [4.78, 5) is 0. The normalized spacial score (nSPS) is 20.5. The van der Waals surface area contributed by atoms with E-state index in [0.717, 1.165) is 18.6 Å². The number of halogens is 2. The molecule has 0 amide bonds. The van der Waals surface area contributed by atoms with Crippen molar-refractivity contribution in [3.05, 3.63) is 23.8 Å². The molecule has 0 radical (unpaired) electrons. The zero-order valence-electron chi connectivity index (χ0n) is 8.09. The van der Waals surface area contributed by atoms with Gasteiger partial charge in [-0.05, 0) is 18.6 Å². The van der Waals surface area contributed by atoms with Gasteiger partial charge in [0.15, 0.2) is 11.6 Å². The number of benzene rings is 1. The molecule has 3 nitrogen and oxygen atoms in total. The second kappa shape index (κ2) is 4.02. The van der Waals surface area contributed by atoms with Crippen LogP contribution in [0, 0.1) is 11.6 Å². The Kier molecular flexibility index (Phi) is 2.73. The summed E-state index contributed by atoms with van der Waals surface area (Å²) in [5.74, 6) is -1.33. The molecule has 0 aromatic heterocycles. The van der Waals surface area contributed by atoms with E-state index < -0.39 is 11.6 Å². The van der Waals surface area contributed by atoms with E-state index in [9.17, 15) is 8.78 Å². The summed E-state index contributed by atoms with van der Waals surface area (Å²) in [5.41, 5.74) is 5.26. The fourth-order valence-corrected chi connectivity index (χ4v) is 1.58. The van der Waals surface area contributed by atoms with E-state index >= 15 is 0 Å². The van der Waals surface area contributed by atoms with Crippen molar-refractivity contribution in [2.45, 2.75) is 12.5 Å². The first-order chi connectivity index (χ1) is 7.16. The van der Waals surface area contributed by atoms with Gasteiger partial charge in [-0.3, -0.25) is 0 Å². The summed E-state index contributed by atoms with van der Waals surface area (Å²) in [6.45, 7) is 1.10. The number of nitrogen functional groups attached to an aromatic ring is 1. The highest BCUT2D eigenvalue weighted by Crippen LogP contribution is 2.23. The third-order valence-corrected chi connectivity index (χ3v) is 2.34. The number of rotatable bonds is 2. The van der Waals surface area contributed by atoms with Crippen molar-refractivity contribution >= 4 is 11.4 Å². The van der Waals surface area contributed by atoms with Gasteiger partial charge in [-0.2, -0.15) is 0 Å². The van der Waals surface area contributed by atoms with Crippen molar-refractivity contribution in [3.8, 4) is 0 Å². The van der Waals surface area contributed by atoms with Gasteiger partial charge in [-0.25, -0.2) is 8.78 Å². The molecule has 1 atom stereocenters. The van der Waals surface area contributed by atoms with Gasteiger partial charge >= 0.3 is 0 Å². The monoisotopic (exact) mass is 214 g/mol. The summed E-state index contributed by atoms with van der Waals surface area (Å²) < 4.78 is 31.8. The zero-order chi connectivity index (χ0) is 10.8. The molecule has 0 aliphatic carbocycles. The van der Waals surface area contributed by atoms with Gasteiger partial charge in [0.1, 0.15) is 5.69 Å². The first kappa shape index (κ1) is 10.2. The molecule has 0 saturated carbocycles. The smallest absolute Gasteiger partial charge is 0.151 e. The largest absolute Gasteiger partial charge is 0.399 e. The number of anilines is 2. The lowest BCUT2D eigenvalue weighted by atomic mass is 10.2. The Morgan fingerprint density at radius 2 is 2.00 bits per heavy atom. The van der Waals surface area contributed by atoms with Gasteiger partial charge in [-0.15, -0.1) is 0 Å². The maximum atomic E-state index is 13.3. The molecular formula is C10H12F2N2O. The van der Waals surface area contributed by atoms with Gasteiger partial charge < -0.3 is 15.8 Å². The molecule has 1 heterocycles. The number of nitrogens with two attached hydrogens (primary N) is 1. The van der Waals surface area contributed by atoms with Gasteiger partial charge in [0.2, 0.25) is 0 Å². The van der Waals surface area contributed by atoms with Crippen LogP contribution in [0.4, 0.5) is 20.2 Å². The molecule has 3 N–H and O–H groups in total. The molecule has 1 aromatic carbocycles. The van der Waals surface area contributed by atoms with Crippen LogP contribution >= 0.6 is 0 Å².